The molecule has 0 saturated heterocycles. The summed E-state index contributed by atoms with van der Waals surface area (Å²) in [6.45, 7) is 0.457. The molecule has 22 heavy (non-hydrogen) atoms. The number of carbonyl (C=O) groups excluding carboxylic acids is 1. The van der Waals surface area contributed by atoms with Crippen LogP contribution in [0.15, 0.2) is 54.6 Å². The van der Waals surface area contributed by atoms with Crippen molar-refractivity contribution in [1.82, 2.24) is 5.32 Å². The van der Waals surface area contributed by atoms with E-state index < -0.39 is 6.09 Å². The van der Waals surface area contributed by atoms with Gasteiger partial charge in [-0.3, -0.25) is 0 Å². The maximum atomic E-state index is 11.5. The van der Waals surface area contributed by atoms with Gasteiger partial charge in [-0.2, -0.15) is 0 Å². The molecule has 0 aliphatic heterocycles. The molecule has 4 heteroatoms. The van der Waals surface area contributed by atoms with E-state index in [0.717, 1.165) is 11.1 Å². The van der Waals surface area contributed by atoms with Crippen LogP contribution in [0.1, 0.15) is 11.1 Å². The van der Waals surface area contributed by atoms with Crippen molar-refractivity contribution >= 4 is 6.09 Å². The lowest BCUT2D eigenvalue weighted by atomic mass is 10.2. The third-order valence-corrected chi connectivity index (χ3v) is 2.86. The van der Waals surface area contributed by atoms with Crippen LogP contribution >= 0.6 is 0 Å². The van der Waals surface area contributed by atoms with Gasteiger partial charge in [-0.15, -0.1) is 0 Å². The Bertz CT molecular complexity index is 671. The summed E-state index contributed by atoms with van der Waals surface area (Å²) >= 11 is 0. The Balaban J connectivity index is 1.77. The fourth-order valence-electron chi connectivity index (χ4n) is 1.78. The predicted molar refractivity (Wildman–Crippen MR) is 84.5 cm³/mol. The largest absolute Gasteiger partial charge is 0.495 e. The SMILES string of the molecule is COc1ccccc1C#CCNC(=O)OCc1ccccc1. The molecule has 2 rings (SSSR count). The van der Waals surface area contributed by atoms with E-state index in [4.69, 9.17) is 9.47 Å². The minimum atomic E-state index is -0.488. The topological polar surface area (TPSA) is 47.6 Å². The number of benzene rings is 2. The van der Waals surface area contributed by atoms with Crippen molar-refractivity contribution in [3.63, 3.8) is 0 Å². The molecule has 1 amide bonds. The molecule has 0 aliphatic carbocycles. The fourth-order valence-corrected chi connectivity index (χ4v) is 1.78. The van der Waals surface area contributed by atoms with Crippen molar-refractivity contribution in [1.29, 1.82) is 0 Å². The molecule has 112 valence electrons. The lowest BCUT2D eigenvalue weighted by Crippen LogP contribution is -2.24. The van der Waals surface area contributed by atoms with Gasteiger partial charge in [0.1, 0.15) is 12.4 Å². The van der Waals surface area contributed by atoms with E-state index in [9.17, 15) is 4.79 Å². The van der Waals surface area contributed by atoms with Crippen LogP contribution in [0.5, 0.6) is 5.75 Å². The van der Waals surface area contributed by atoms with E-state index in [-0.39, 0.29) is 13.2 Å². The highest BCUT2D eigenvalue weighted by atomic mass is 16.5. The number of rotatable bonds is 4. The average molecular weight is 295 g/mol. The molecular weight excluding hydrogens is 278 g/mol. The Labute approximate surface area is 130 Å². The lowest BCUT2D eigenvalue weighted by Gasteiger charge is -2.04. The second kappa shape index (κ2) is 8.38. The monoisotopic (exact) mass is 295 g/mol. The van der Waals surface area contributed by atoms with E-state index in [1.165, 1.54) is 0 Å². The quantitative estimate of drug-likeness (QED) is 0.882. The Morgan fingerprint density at radius 3 is 2.59 bits per heavy atom. The molecule has 0 atom stereocenters. The van der Waals surface area contributed by atoms with Gasteiger partial charge in [0.15, 0.2) is 0 Å². The van der Waals surface area contributed by atoms with Gasteiger partial charge in [0, 0.05) is 0 Å². The Kier molecular flexibility index (Phi) is 5.89. The summed E-state index contributed by atoms with van der Waals surface area (Å²) < 4.78 is 10.3. The fraction of sp³-hybridized carbons (Fsp3) is 0.167. The van der Waals surface area contributed by atoms with Crippen LogP contribution in [0.2, 0.25) is 0 Å². The highest BCUT2D eigenvalue weighted by Gasteiger charge is 2.00. The van der Waals surface area contributed by atoms with Crippen molar-refractivity contribution < 1.29 is 14.3 Å². The summed E-state index contributed by atoms with van der Waals surface area (Å²) in [5.41, 5.74) is 1.72. The molecular formula is C18H17NO3. The molecule has 0 spiro atoms. The zero-order chi connectivity index (χ0) is 15.6. The standard InChI is InChI=1S/C18H17NO3/c1-21-17-12-6-5-10-16(17)11-7-13-19-18(20)22-14-15-8-3-2-4-9-15/h2-6,8-10,12H,13-14H2,1H3,(H,19,20). The van der Waals surface area contributed by atoms with Crippen LogP contribution in [0.25, 0.3) is 0 Å². The molecule has 0 unspecified atom stereocenters. The molecule has 4 nitrogen and oxygen atoms in total. The number of hydrogen-bond acceptors (Lipinski definition) is 3. The first kappa shape index (κ1) is 15.5. The number of nitrogens with one attached hydrogen (secondary N) is 1. The number of para-hydroxylation sites is 1. The molecule has 0 bridgehead atoms. The Morgan fingerprint density at radius 1 is 1.09 bits per heavy atom. The zero-order valence-corrected chi connectivity index (χ0v) is 12.3. The highest BCUT2D eigenvalue weighted by molar-refractivity contribution is 5.67. The summed E-state index contributed by atoms with van der Waals surface area (Å²) in [4.78, 5) is 11.5. The number of alkyl carbamates (subject to hydrolysis) is 1. The van der Waals surface area contributed by atoms with Gasteiger partial charge in [-0.05, 0) is 17.7 Å². The molecule has 0 aromatic heterocycles. The summed E-state index contributed by atoms with van der Waals surface area (Å²) in [6.07, 6.45) is -0.488. The summed E-state index contributed by atoms with van der Waals surface area (Å²) in [5.74, 6) is 6.52. The van der Waals surface area contributed by atoms with Crippen LogP contribution in [-0.4, -0.2) is 19.7 Å². The molecule has 0 aliphatic rings. The first-order valence-corrected chi connectivity index (χ1v) is 6.86. The molecule has 0 heterocycles. The smallest absolute Gasteiger partial charge is 0.408 e. The lowest BCUT2D eigenvalue weighted by molar-refractivity contribution is 0.141. The van der Waals surface area contributed by atoms with E-state index >= 15 is 0 Å². The van der Waals surface area contributed by atoms with Crippen LogP contribution in [0.4, 0.5) is 4.79 Å². The number of ether oxygens (including phenoxy) is 2. The van der Waals surface area contributed by atoms with Gasteiger partial charge in [0.2, 0.25) is 0 Å². The molecule has 1 N–H and O–H groups in total. The number of hydrogen-bond donors (Lipinski definition) is 1. The Morgan fingerprint density at radius 2 is 1.82 bits per heavy atom. The zero-order valence-electron chi connectivity index (χ0n) is 12.3. The second-order valence-corrected chi connectivity index (χ2v) is 4.42. The van der Waals surface area contributed by atoms with Crippen molar-refractivity contribution in [2.75, 3.05) is 13.7 Å². The number of methoxy groups -OCH3 is 1. The van der Waals surface area contributed by atoms with E-state index in [2.05, 4.69) is 17.2 Å². The van der Waals surface area contributed by atoms with E-state index in [1.807, 2.05) is 54.6 Å². The second-order valence-electron chi connectivity index (χ2n) is 4.42. The first-order valence-electron chi connectivity index (χ1n) is 6.86. The summed E-state index contributed by atoms with van der Waals surface area (Å²) in [6, 6.07) is 17.0. The van der Waals surface area contributed by atoms with E-state index in [0.29, 0.717) is 5.75 Å². The first-order chi connectivity index (χ1) is 10.8. The molecule has 2 aromatic carbocycles. The molecule has 2 aromatic rings. The van der Waals surface area contributed by atoms with Gasteiger partial charge in [-0.1, -0.05) is 54.3 Å². The van der Waals surface area contributed by atoms with Crippen LogP contribution < -0.4 is 10.1 Å². The maximum absolute atomic E-state index is 11.5. The van der Waals surface area contributed by atoms with Crippen LogP contribution in [-0.2, 0) is 11.3 Å². The van der Waals surface area contributed by atoms with Crippen LogP contribution in [0, 0.1) is 11.8 Å². The highest BCUT2D eigenvalue weighted by Crippen LogP contribution is 2.15. The van der Waals surface area contributed by atoms with Gasteiger partial charge in [0.25, 0.3) is 0 Å². The molecule has 0 radical (unpaired) electrons. The van der Waals surface area contributed by atoms with Crippen molar-refractivity contribution in [2.24, 2.45) is 0 Å². The van der Waals surface area contributed by atoms with Crippen molar-refractivity contribution in [3.05, 3.63) is 65.7 Å². The van der Waals surface area contributed by atoms with E-state index in [1.54, 1.807) is 7.11 Å². The minimum Gasteiger partial charge on any atom is -0.495 e. The van der Waals surface area contributed by atoms with Gasteiger partial charge in [0.05, 0.1) is 19.2 Å². The average Bonchev–Trinajstić information content (AvgIpc) is 2.58. The minimum absolute atomic E-state index is 0.214. The number of amides is 1. The number of carbonyl (C=O) groups is 1. The molecule has 0 saturated carbocycles. The van der Waals surface area contributed by atoms with Gasteiger partial charge < -0.3 is 14.8 Å². The van der Waals surface area contributed by atoms with Crippen molar-refractivity contribution in [3.8, 4) is 17.6 Å². The predicted octanol–water partition coefficient (Wildman–Crippen LogP) is 2.97. The third kappa shape index (κ3) is 4.88. The van der Waals surface area contributed by atoms with Crippen LogP contribution in [0.3, 0.4) is 0 Å². The normalized spacial score (nSPS) is 9.32. The third-order valence-electron chi connectivity index (χ3n) is 2.86. The summed E-state index contributed by atoms with van der Waals surface area (Å²) in [5, 5.41) is 2.59. The van der Waals surface area contributed by atoms with Gasteiger partial charge >= 0.3 is 6.09 Å². The Hall–Kier alpha value is -2.93. The molecule has 0 fully saturated rings. The van der Waals surface area contributed by atoms with Gasteiger partial charge in [-0.25, -0.2) is 4.79 Å². The maximum Gasteiger partial charge on any atom is 0.408 e. The van der Waals surface area contributed by atoms with Crippen molar-refractivity contribution in [2.45, 2.75) is 6.61 Å². The summed E-state index contributed by atoms with van der Waals surface area (Å²) in [7, 11) is 1.60.